The summed E-state index contributed by atoms with van der Waals surface area (Å²) in [5, 5.41) is 0. The first-order valence-corrected chi connectivity index (χ1v) is 9.57. The van der Waals surface area contributed by atoms with Crippen molar-refractivity contribution in [2.45, 2.75) is 44.8 Å². The van der Waals surface area contributed by atoms with Gasteiger partial charge in [0.1, 0.15) is 0 Å². The molecule has 1 aliphatic heterocycles. The highest BCUT2D eigenvalue weighted by atomic mass is 33.1. The molecule has 108 valence electrons. The van der Waals surface area contributed by atoms with E-state index in [2.05, 4.69) is 59.2 Å². The van der Waals surface area contributed by atoms with E-state index in [1.165, 1.54) is 57.7 Å². The Labute approximate surface area is 122 Å². The molecule has 0 amide bonds. The van der Waals surface area contributed by atoms with Crippen molar-refractivity contribution in [1.29, 1.82) is 0 Å². The molecule has 0 aliphatic carbocycles. The van der Waals surface area contributed by atoms with Crippen LogP contribution in [0.2, 0.25) is 0 Å². The monoisotopic (exact) mass is 290 g/mol. The van der Waals surface area contributed by atoms with Crippen molar-refractivity contribution < 1.29 is 0 Å². The van der Waals surface area contributed by atoms with Gasteiger partial charge in [-0.05, 0) is 27.3 Å². The Morgan fingerprint density at radius 3 is 2.33 bits per heavy atom. The van der Waals surface area contributed by atoms with Crippen LogP contribution in [0.1, 0.15) is 40.0 Å². The highest BCUT2D eigenvalue weighted by Gasteiger charge is 2.24. The number of piperazine rings is 1. The predicted molar refractivity (Wildman–Crippen MR) is 87.6 cm³/mol. The third-order valence-electron chi connectivity index (χ3n) is 3.32. The maximum absolute atomic E-state index is 2.62. The van der Waals surface area contributed by atoms with Crippen molar-refractivity contribution in [2.24, 2.45) is 0 Å². The quantitative estimate of drug-likeness (QED) is 0.498. The smallest absolute Gasteiger partial charge is 0.0334 e. The Morgan fingerprint density at radius 2 is 1.72 bits per heavy atom. The molecule has 1 fully saturated rings. The van der Waals surface area contributed by atoms with Gasteiger partial charge in [-0.1, -0.05) is 41.4 Å². The van der Waals surface area contributed by atoms with Gasteiger partial charge >= 0.3 is 0 Å². The van der Waals surface area contributed by atoms with E-state index >= 15 is 0 Å². The van der Waals surface area contributed by atoms with Gasteiger partial charge in [0, 0.05) is 43.2 Å². The summed E-state index contributed by atoms with van der Waals surface area (Å²) in [5.41, 5.74) is 0. The molecule has 0 saturated carbocycles. The first-order chi connectivity index (χ1) is 8.53. The number of nitrogens with zero attached hydrogens (tertiary/aromatic N) is 2. The molecule has 0 bridgehead atoms. The molecule has 2 nitrogen and oxygen atoms in total. The van der Waals surface area contributed by atoms with E-state index in [0.717, 1.165) is 0 Å². The minimum absolute atomic E-state index is 0.382. The number of rotatable bonds is 8. The molecule has 0 spiro atoms. The second-order valence-corrected chi connectivity index (χ2v) is 9.07. The first kappa shape index (κ1) is 16.7. The molecule has 18 heavy (non-hydrogen) atoms. The molecular formula is C14H30N2S2. The van der Waals surface area contributed by atoms with Crippen molar-refractivity contribution in [3.63, 3.8) is 0 Å². The van der Waals surface area contributed by atoms with E-state index in [-0.39, 0.29) is 0 Å². The van der Waals surface area contributed by atoms with Crippen LogP contribution in [-0.4, -0.2) is 60.1 Å². The zero-order chi connectivity index (χ0) is 13.4. The van der Waals surface area contributed by atoms with Crippen LogP contribution in [0.3, 0.4) is 0 Å². The molecule has 1 aliphatic rings. The van der Waals surface area contributed by atoms with Crippen LogP contribution in [-0.2, 0) is 0 Å². The van der Waals surface area contributed by atoms with Crippen molar-refractivity contribution in [1.82, 2.24) is 9.80 Å². The normalized spacial score (nSPS) is 19.3. The molecule has 0 aromatic heterocycles. The highest BCUT2D eigenvalue weighted by molar-refractivity contribution is 8.77. The van der Waals surface area contributed by atoms with Gasteiger partial charge in [-0.15, -0.1) is 0 Å². The summed E-state index contributed by atoms with van der Waals surface area (Å²) >= 11 is 0. The average Bonchev–Trinajstić information content (AvgIpc) is 2.31. The fourth-order valence-electron chi connectivity index (χ4n) is 2.18. The number of hydrogen-bond donors (Lipinski definition) is 0. The Morgan fingerprint density at radius 1 is 1.06 bits per heavy atom. The molecule has 0 aromatic rings. The molecule has 0 N–H and O–H groups in total. The summed E-state index contributed by atoms with van der Waals surface area (Å²) in [7, 11) is 6.38. The van der Waals surface area contributed by atoms with Crippen LogP contribution >= 0.6 is 21.6 Å². The Bertz CT molecular complexity index is 214. The van der Waals surface area contributed by atoms with E-state index in [0.29, 0.717) is 4.75 Å². The van der Waals surface area contributed by atoms with Crippen molar-refractivity contribution in [2.75, 3.05) is 45.5 Å². The van der Waals surface area contributed by atoms with Crippen LogP contribution in [0.15, 0.2) is 0 Å². The summed E-state index contributed by atoms with van der Waals surface area (Å²) in [6.07, 6.45) is 4.08. The van der Waals surface area contributed by atoms with Crippen molar-refractivity contribution in [3.8, 4) is 0 Å². The van der Waals surface area contributed by atoms with E-state index in [9.17, 15) is 0 Å². The van der Waals surface area contributed by atoms with Gasteiger partial charge in [-0.25, -0.2) is 0 Å². The topological polar surface area (TPSA) is 6.48 Å². The number of hydrogen-bond acceptors (Lipinski definition) is 4. The largest absolute Gasteiger partial charge is 0.304 e. The SMILES string of the molecule is CCCCCSSC(C)(C)CN1CCN(C)CC1. The van der Waals surface area contributed by atoms with Crippen molar-refractivity contribution in [3.05, 3.63) is 0 Å². The van der Waals surface area contributed by atoms with E-state index < -0.39 is 0 Å². The van der Waals surface area contributed by atoms with Crippen molar-refractivity contribution >= 4 is 21.6 Å². The van der Waals surface area contributed by atoms with Gasteiger partial charge < -0.3 is 4.90 Å². The van der Waals surface area contributed by atoms with Crippen LogP contribution in [0.5, 0.6) is 0 Å². The number of likely N-dealkylation sites (N-methyl/N-ethyl adjacent to an activating group) is 1. The minimum Gasteiger partial charge on any atom is -0.304 e. The van der Waals surface area contributed by atoms with Gasteiger partial charge in [0.15, 0.2) is 0 Å². The third kappa shape index (κ3) is 7.27. The highest BCUT2D eigenvalue weighted by Crippen LogP contribution is 2.36. The zero-order valence-electron chi connectivity index (χ0n) is 12.6. The van der Waals surface area contributed by atoms with Crippen LogP contribution < -0.4 is 0 Å². The number of unbranched alkanes of at least 4 members (excludes halogenated alkanes) is 2. The fraction of sp³-hybridized carbons (Fsp3) is 1.00. The van der Waals surface area contributed by atoms with E-state index in [1.807, 2.05) is 0 Å². The lowest BCUT2D eigenvalue weighted by Gasteiger charge is -2.37. The molecule has 0 radical (unpaired) electrons. The molecule has 0 aromatic carbocycles. The van der Waals surface area contributed by atoms with Gasteiger partial charge in [-0.3, -0.25) is 4.90 Å². The summed E-state index contributed by atoms with van der Waals surface area (Å²) in [6.45, 7) is 13.2. The maximum Gasteiger partial charge on any atom is 0.0334 e. The Hall–Kier alpha value is 0.620. The van der Waals surface area contributed by atoms with E-state index in [1.54, 1.807) is 0 Å². The predicted octanol–water partition coefficient (Wildman–Crippen LogP) is 3.58. The second kappa shape index (κ2) is 8.72. The molecule has 0 atom stereocenters. The lowest BCUT2D eigenvalue weighted by Crippen LogP contribution is -2.48. The van der Waals surface area contributed by atoms with Crippen LogP contribution in [0.25, 0.3) is 0 Å². The second-order valence-electron chi connectivity index (χ2n) is 5.95. The molecule has 4 heteroatoms. The summed E-state index contributed by atoms with van der Waals surface area (Å²) in [6, 6.07) is 0. The molecule has 1 saturated heterocycles. The zero-order valence-corrected chi connectivity index (χ0v) is 14.2. The average molecular weight is 291 g/mol. The summed E-state index contributed by atoms with van der Waals surface area (Å²) in [5.74, 6) is 1.31. The Kier molecular flexibility index (Phi) is 8.08. The van der Waals surface area contributed by atoms with Gasteiger partial charge in [0.2, 0.25) is 0 Å². The summed E-state index contributed by atoms with van der Waals surface area (Å²) < 4.78 is 0.382. The lowest BCUT2D eigenvalue weighted by molar-refractivity contribution is 0.147. The maximum atomic E-state index is 2.62. The fourth-order valence-corrected chi connectivity index (χ4v) is 4.86. The summed E-state index contributed by atoms with van der Waals surface area (Å²) in [4.78, 5) is 5.05. The van der Waals surface area contributed by atoms with E-state index in [4.69, 9.17) is 0 Å². The standard InChI is InChI=1S/C14H30N2S2/c1-5-6-7-12-17-18-14(2,3)13-16-10-8-15(4)9-11-16/h5-13H2,1-4H3. The van der Waals surface area contributed by atoms with Crippen LogP contribution in [0, 0.1) is 0 Å². The van der Waals surface area contributed by atoms with Gasteiger partial charge in [-0.2, -0.15) is 0 Å². The molecule has 1 rings (SSSR count). The minimum atomic E-state index is 0.382. The van der Waals surface area contributed by atoms with Crippen LogP contribution in [0.4, 0.5) is 0 Å². The van der Waals surface area contributed by atoms with Gasteiger partial charge in [0.05, 0.1) is 0 Å². The third-order valence-corrected chi connectivity index (χ3v) is 6.68. The molecular weight excluding hydrogens is 260 g/mol. The molecule has 1 heterocycles. The first-order valence-electron chi connectivity index (χ1n) is 7.25. The molecule has 0 unspecified atom stereocenters. The Balaban J connectivity index is 2.14. The van der Waals surface area contributed by atoms with Gasteiger partial charge in [0.25, 0.3) is 0 Å². The lowest BCUT2D eigenvalue weighted by atomic mass is 10.2.